The van der Waals surface area contributed by atoms with Crippen molar-refractivity contribution in [1.82, 2.24) is 24.7 Å². The quantitative estimate of drug-likeness (QED) is 0.392. The number of guanidine groups is 1. The monoisotopic (exact) mass is 402 g/mol. The third-order valence-electron chi connectivity index (χ3n) is 5.20. The zero-order chi connectivity index (χ0) is 20.6. The van der Waals surface area contributed by atoms with Crippen LogP contribution >= 0.6 is 0 Å². The average molecular weight is 403 g/mol. The number of aryl methyl sites for hydroxylation is 2. The molecular formula is C19H33F3N6. The van der Waals surface area contributed by atoms with Crippen molar-refractivity contribution in [2.45, 2.75) is 45.8 Å². The first-order valence-electron chi connectivity index (χ1n) is 10.0. The molecule has 0 bridgehead atoms. The number of hydrogen-bond acceptors (Lipinski definition) is 3. The van der Waals surface area contributed by atoms with Crippen molar-refractivity contribution >= 4 is 5.96 Å². The first-order valence-corrected chi connectivity index (χ1v) is 10.0. The van der Waals surface area contributed by atoms with Gasteiger partial charge in [-0.3, -0.25) is 9.89 Å². The zero-order valence-electron chi connectivity index (χ0n) is 17.2. The Hall–Kier alpha value is -1.77. The van der Waals surface area contributed by atoms with E-state index in [4.69, 9.17) is 0 Å². The Labute approximate surface area is 165 Å². The lowest BCUT2D eigenvalue weighted by molar-refractivity contribution is -0.146. The second-order valence-corrected chi connectivity index (χ2v) is 7.39. The van der Waals surface area contributed by atoms with E-state index in [2.05, 4.69) is 24.8 Å². The summed E-state index contributed by atoms with van der Waals surface area (Å²) >= 11 is 0. The number of rotatable bonds is 9. The number of nitrogens with zero attached hydrogens (tertiary/aromatic N) is 5. The molecule has 0 aliphatic carbocycles. The Bertz CT molecular complexity index is 613. The van der Waals surface area contributed by atoms with E-state index in [1.165, 1.54) is 4.90 Å². The molecule has 0 amide bonds. The van der Waals surface area contributed by atoms with E-state index in [-0.39, 0.29) is 5.92 Å². The van der Waals surface area contributed by atoms with Gasteiger partial charge < -0.3 is 14.8 Å². The summed E-state index contributed by atoms with van der Waals surface area (Å²) in [5.41, 5.74) is 0. The summed E-state index contributed by atoms with van der Waals surface area (Å²) in [6.45, 7) is 7.21. The molecule has 9 heteroatoms. The summed E-state index contributed by atoms with van der Waals surface area (Å²) in [5.74, 6) is 2.11. The molecule has 1 unspecified atom stereocenters. The molecule has 1 aromatic rings. The van der Waals surface area contributed by atoms with Gasteiger partial charge in [0.05, 0.1) is 6.54 Å². The van der Waals surface area contributed by atoms with Gasteiger partial charge in [-0.05, 0) is 38.6 Å². The molecule has 0 aromatic carbocycles. The van der Waals surface area contributed by atoms with Crippen LogP contribution in [0.5, 0.6) is 0 Å². The molecule has 2 rings (SSSR count). The van der Waals surface area contributed by atoms with Gasteiger partial charge in [0.25, 0.3) is 0 Å². The molecule has 1 aliphatic rings. The van der Waals surface area contributed by atoms with Crippen LogP contribution in [0, 0.1) is 12.8 Å². The summed E-state index contributed by atoms with van der Waals surface area (Å²) in [5, 5.41) is 3.39. The fourth-order valence-electron chi connectivity index (χ4n) is 3.68. The molecule has 6 nitrogen and oxygen atoms in total. The van der Waals surface area contributed by atoms with Crippen LogP contribution in [0.1, 0.15) is 32.0 Å². The maximum Gasteiger partial charge on any atom is 0.401 e. The summed E-state index contributed by atoms with van der Waals surface area (Å²) in [7, 11) is 1.76. The van der Waals surface area contributed by atoms with Crippen molar-refractivity contribution in [3.8, 4) is 0 Å². The smallest absolute Gasteiger partial charge is 0.356 e. The van der Waals surface area contributed by atoms with Gasteiger partial charge in [0.15, 0.2) is 5.96 Å². The third-order valence-corrected chi connectivity index (χ3v) is 5.20. The van der Waals surface area contributed by atoms with E-state index in [1.54, 1.807) is 14.0 Å². The molecule has 1 aromatic heterocycles. The standard InChI is InChI=1S/C19H33F3N6/c1-4-26(15-19(20,21)22)13-17-7-11-28(14-17)18(23-3)25-8-5-6-10-27-12-9-24-16(27)2/h9,12,17H,4-8,10-11,13-15H2,1-3H3,(H,23,25). The lowest BCUT2D eigenvalue weighted by Crippen LogP contribution is -2.42. The third kappa shape index (κ3) is 7.33. The first-order chi connectivity index (χ1) is 13.3. The number of alkyl halides is 3. The molecule has 0 saturated carbocycles. The lowest BCUT2D eigenvalue weighted by Gasteiger charge is -2.26. The van der Waals surface area contributed by atoms with Crippen LogP contribution in [0.4, 0.5) is 13.2 Å². The van der Waals surface area contributed by atoms with E-state index in [0.29, 0.717) is 13.1 Å². The van der Waals surface area contributed by atoms with Crippen LogP contribution in [-0.2, 0) is 6.54 Å². The Morgan fingerprint density at radius 3 is 2.79 bits per heavy atom. The molecule has 1 fully saturated rings. The van der Waals surface area contributed by atoms with Crippen molar-refractivity contribution in [2.24, 2.45) is 10.9 Å². The lowest BCUT2D eigenvalue weighted by atomic mass is 10.1. The maximum absolute atomic E-state index is 12.7. The molecule has 0 spiro atoms. The highest BCUT2D eigenvalue weighted by atomic mass is 19.4. The van der Waals surface area contributed by atoms with Crippen molar-refractivity contribution < 1.29 is 13.2 Å². The Morgan fingerprint density at radius 1 is 1.39 bits per heavy atom. The van der Waals surface area contributed by atoms with Gasteiger partial charge in [-0.25, -0.2) is 4.98 Å². The number of halogens is 3. The van der Waals surface area contributed by atoms with Crippen LogP contribution < -0.4 is 5.32 Å². The van der Waals surface area contributed by atoms with Gasteiger partial charge in [0, 0.05) is 52.2 Å². The number of aromatic nitrogens is 2. The summed E-state index contributed by atoms with van der Waals surface area (Å²) in [6, 6.07) is 0. The molecule has 1 atom stereocenters. The largest absolute Gasteiger partial charge is 0.401 e. The summed E-state index contributed by atoms with van der Waals surface area (Å²) < 4.78 is 40.1. The molecule has 1 N–H and O–H groups in total. The highest BCUT2D eigenvalue weighted by Crippen LogP contribution is 2.21. The molecule has 160 valence electrons. The van der Waals surface area contributed by atoms with Crippen molar-refractivity contribution in [3.05, 3.63) is 18.2 Å². The van der Waals surface area contributed by atoms with Crippen LogP contribution in [0.15, 0.2) is 17.4 Å². The molecule has 1 saturated heterocycles. The number of aliphatic imine (C=N–C) groups is 1. The van der Waals surface area contributed by atoms with Crippen LogP contribution in [-0.4, -0.2) is 77.8 Å². The van der Waals surface area contributed by atoms with Gasteiger partial charge in [0.1, 0.15) is 5.82 Å². The molecule has 2 heterocycles. The van der Waals surface area contributed by atoms with Gasteiger partial charge in [-0.1, -0.05) is 6.92 Å². The van der Waals surface area contributed by atoms with E-state index in [9.17, 15) is 13.2 Å². The summed E-state index contributed by atoms with van der Waals surface area (Å²) in [4.78, 5) is 12.2. The average Bonchev–Trinajstić information content (AvgIpc) is 3.25. The van der Waals surface area contributed by atoms with Crippen LogP contribution in [0.2, 0.25) is 0 Å². The second-order valence-electron chi connectivity index (χ2n) is 7.39. The van der Waals surface area contributed by atoms with E-state index < -0.39 is 12.7 Å². The Kier molecular flexibility index (Phi) is 8.59. The fraction of sp³-hybridized carbons (Fsp3) is 0.789. The Morgan fingerprint density at radius 2 is 2.18 bits per heavy atom. The molecule has 0 radical (unpaired) electrons. The van der Waals surface area contributed by atoms with E-state index in [0.717, 1.165) is 57.2 Å². The van der Waals surface area contributed by atoms with Crippen molar-refractivity contribution in [2.75, 3.05) is 46.3 Å². The highest BCUT2D eigenvalue weighted by molar-refractivity contribution is 5.80. The number of nitrogens with one attached hydrogen (secondary N) is 1. The van der Waals surface area contributed by atoms with E-state index in [1.807, 2.05) is 19.3 Å². The number of imidazole rings is 1. The number of hydrogen-bond donors (Lipinski definition) is 1. The zero-order valence-corrected chi connectivity index (χ0v) is 17.2. The first kappa shape index (κ1) is 22.5. The molecule has 28 heavy (non-hydrogen) atoms. The minimum atomic E-state index is -4.14. The molecule has 1 aliphatic heterocycles. The van der Waals surface area contributed by atoms with Gasteiger partial charge >= 0.3 is 6.18 Å². The minimum absolute atomic E-state index is 0.241. The number of likely N-dealkylation sites (tertiary alicyclic amines) is 1. The normalized spacial score (nSPS) is 18.3. The minimum Gasteiger partial charge on any atom is -0.356 e. The number of unbranched alkanes of at least 4 members (excludes halogenated alkanes) is 1. The van der Waals surface area contributed by atoms with Crippen molar-refractivity contribution in [1.29, 1.82) is 0 Å². The van der Waals surface area contributed by atoms with Gasteiger partial charge in [-0.2, -0.15) is 13.2 Å². The SMILES string of the molecule is CCN(CC1CCN(C(=NC)NCCCCn2ccnc2C)C1)CC(F)(F)F. The van der Waals surface area contributed by atoms with Crippen LogP contribution in [0.3, 0.4) is 0 Å². The summed E-state index contributed by atoms with van der Waals surface area (Å²) in [6.07, 6.45) is 2.63. The highest BCUT2D eigenvalue weighted by Gasteiger charge is 2.32. The second kappa shape index (κ2) is 10.7. The van der Waals surface area contributed by atoms with Crippen molar-refractivity contribution in [3.63, 3.8) is 0 Å². The molecular weight excluding hydrogens is 369 g/mol. The predicted octanol–water partition coefficient (Wildman–Crippen LogP) is 2.75. The predicted molar refractivity (Wildman–Crippen MR) is 105 cm³/mol. The van der Waals surface area contributed by atoms with E-state index >= 15 is 0 Å². The van der Waals surface area contributed by atoms with Crippen LogP contribution in [0.25, 0.3) is 0 Å². The van der Waals surface area contributed by atoms with Gasteiger partial charge in [-0.15, -0.1) is 0 Å². The fourth-order valence-corrected chi connectivity index (χ4v) is 3.68. The van der Waals surface area contributed by atoms with Gasteiger partial charge in [0.2, 0.25) is 0 Å². The topological polar surface area (TPSA) is 48.7 Å². The maximum atomic E-state index is 12.7. The Balaban J connectivity index is 1.69.